The number of benzene rings is 1. The minimum absolute atomic E-state index is 0.123. The van der Waals surface area contributed by atoms with Crippen LogP contribution in [0.1, 0.15) is 29.1 Å². The maximum atomic E-state index is 12.8. The zero-order chi connectivity index (χ0) is 23.7. The molecule has 5 rings (SSSR count). The van der Waals surface area contributed by atoms with Crippen LogP contribution in [0.5, 0.6) is 0 Å². The number of hydrogen-bond donors (Lipinski definition) is 2. The molecule has 0 atom stereocenters. The first-order chi connectivity index (χ1) is 16.4. The number of anilines is 2. The van der Waals surface area contributed by atoms with E-state index in [1.807, 2.05) is 38.1 Å². The van der Waals surface area contributed by atoms with Gasteiger partial charge in [0.05, 0.1) is 34.5 Å². The second-order valence-electron chi connectivity index (χ2n) is 8.57. The lowest BCUT2D eigenvalue weighted by molar-refractivity contribution is 0.0913. The fourth-order valence-corrected chi connectivity index (χ4v) is 4.97. The van der Waals surface area contributed by atoms with Crippen molar-refractivity contribution >= 4 is 39.2 Å². The molecular formula is C24H25N7O2S. The van der Waals surface area contributed by atoms with Crippen LogP contribution in [0.3, 0.4) is 0 Å². The van der Waals surface area contributed by atoms with Gasteiger partial charge in [-0.3, -0.25) is 4.79 Å². The first-order valence-corrected chi connectivity index (χ1v) is 11.8. The first kappa shape index (κ1) is 22.2. The normalized spacial score (nSPS) is 14.4. The number of fused-ring (bicyclic) bond motifs is 1. The molecule has 0 aliphatic carbocycles. The number of carbonyl (C=O) groups is 1. The quantitative estimate of drug-likeness (QED) is 0.452. The van der Waals surface area contributed by atoms with Crippen LogP contribution in [0.2, 0.25) is 0 Å². The predicted octanol–water partition coefficient (Wildman–Crippen LogP) is 3.23. The van der Waals surface area contributed by atoms with E-state index in [1.165, 1.54) is 0 Å². The van der Waals surface area contributed by atoms with Crippen molar-refractivity contribution in [2.45, 2.75) is 19.4 Å². The molecule has 1 aromatic carbocycles. The summed E-state index contributed by atoms with van der Waals surface area (Å²) in [6.45, 7) is 6.76. The smallest absolute Gasteiger partial charge is 0.251 e. The van der Waals surface area contributed by atoms with E-state index in [0.29, 0.717) is 30.2 Å². The molecule has 174 valence electrons. The topological polar surface area (TPSA) is 119 Å². The molecule has 1 fully saturated rings. The second kappa shape index (κ2) is 8.96. The minimum Gasteiger partial charge on any atom is -0.378 e. The molecule has 3 N–H and O–H groups in total. The van der Waals surface area contributed by atoms with Gasteiger partial charge in [0, 0.05) is 35.9 Å². The van der Waals surface area contributed by atoms with Gasteiger partial charge in [-0.2, -0.15) is 0 Å². The summed E-state index contributed by atoms with van der Waals surface area (Å²) in [4.78, 5) is 33.9. The molecule has 0 spiro atoms. The van der Waals surface area contributed by atoms with E-state index >= 15 is 0 Å². The third kappa shape index (κ3) is 4.42. The Kier molecular flexibility index (Phi) is 5.84. The number of thiophene rings is 1. The second-order valence-corrected chi connectivity index (χ2v) is 9.62. The monoisotopic (exact) mass is 475 g/mol. The van der Waals surface area contributed by atoms with Crippen molar-refractivity contribution in [2.24, 2.45) is 0 Å². The van der Waals surface area contributed by atoms with Crippen LogP contribution in [0, 0.1) is 0 Å². The minimum atomic E-state index is -0.606. The number of hydrogen-bond acceptors (Lipinski definition) is 9. The van der Waals surface area contributed by atoms with Crippen molar-refractivity contribution in [1.29, 1.82) is 0 Å². The van der Waals surface area contributed by atoms with Crippen LogP contribution in [-0.2, 0) is 10.3 Å². The van der Waals surface area contributed by atoms with Crippen LogP contribution in [0.4, 0.5) is 11.8 Å². The molecule has 0 saturated carbocycles. The van der Waals surface area contributed by atoms with E-state index in [0.717, 1.165) is 34.0 Å². The van der Waals surface area contributed by atoms with Crippen LogP contribution >= 0.6 is 11.3 Å². The van der Waals surface area contributed by atoms with Gasteiger partial charge in [0.2, 0.25) is 5.95 Å². The molecule has 4 aromatic rings. The number of nitrogen functional groups attached to an aromatic ring is 1. The van der Waals surface area contributed by atoms with Crippen molar-refractivity contribution in [3.05, 3.63) is 59.2 Å². The third-order valence-corrected chi connectivity index (χ3v) is 7.12. The Morgan fingerprint density at radius 1 is 1.12 bits per heavy atom. The van der Waals surface area contributed by atoms with Gasteiger partial charge < -0.3 is 20.7 Å². The molecular weight excluding hydrogens is 450 g/mol. The number of nitrogens with one attached hydrogen (secondary N) is 1. The fraction of sp³-hybridized carbons (Fsp3) is 0.292. The summed E-state index contributed by atoms with van der Waals surface area (Å²) in [6, 6.07) is 11.2. The van der Waals surface area contributed by atoms with Crippen LogP contribution < -0.4 is 16.0 Å². The van der Waals surface area contributed by atoms with Gasteiger partial charge in [-0.1, -0.05) is 18.2 Å². The molecule has 4 heterocycles. The van der Waals surface area contributed by atoms with Crippen molar-refractivity contribution in [3.63, 3.8) is 0 Å². The van der Waals surface area contributed by atoms with Crippen molar-refractivity contribution in [1.82, 2.24) is 25.3 Å². The molecule has 0 radical (unpaired) electrons. The molecule has 34 heavy (non-hydrogen) atoms. The summed E-state index contributed by atoms with van der Waals surface area (Å²) in [5.74, 6) is 1.46. The number of carbonyl (C=O) groups excluding carboxylic acids is 1. The molecule has 9 nitrogen and oxygen atoms in total. The fourth-order valence-electron chi connectivity index (χ4n) is 3.80. The zero-order valence-electron chi connectivity index (χ0n) is 19.0. The summed E-state index contributed by atoms with van der Waals surface area (Å²) in [6.07, 6.45) is 3.26. The van der Waals surface area contributed by atoms with Crippen LogP contribution in [0.25, 0.3) is 21.6 Å². The maximum absolute atomic E-state index is 12.8. The highest BCUT2D eigenvalue weighted by Crippen LogP contribution is 2.38. The molecule has 1 aliphatic heterocycles. The van der Waals surface area contributed by atoms with Gasteiger partial charge in [-0.25, -0.2) is 19.9 Å². The van der Waals surface area contributed by atoms with Crippen molar-refractivity contribution in [3.8, 4) is 11.4 Å². The molecule has 1 amide bonds. The summed E-state index contributed by atoms with van der Waals surface area (Å²) in [5, 5.41) is 3.16. The number of amides is 1. The third-order valence-electron chi connectivity index (χ3n) is 5.67. The molecule has 10 heteroatoms. The highest BCUT2D eigenvalue weighted by Gasteiger charge is 2.28. The summed E-state index contributed by atoms with van der Waals surface area (Å²) in [5.41, 5.74) is 7.17. The Hall–Kier alpha value is -3.63. The Morgan fingerprint density at radius 2 is 1.82 bits per heavy atom. The molecule has 1 aliphatic rings. The first-order valence-electron chi connectivity index (χ1n) is 11.0. The predicted molar refractivity (Wildman–Crippen MR) is 133 cm³/mol. The highest BCUT2D eigenvalue weighted by atomic mass is 32.1. The van der Waals surface area contributed by atoms with Crippen molar-refractivity contribution < 1.29 is 9.53 Å². The Balaban J connectivity index is 1.56. The van der Waals surface area contributed by atoms with E-state index in [-0.39, 0.29) is 11.9 Å². The number of nitrogens with two attached hydrogens (primary N) is 1. The van der Waals surface area contributed by atoms with Gasteiger partial charge in [-0.05, 0) is 32.0 Å². The number of aromatic nitrogens is 4. The van der Waals surface area contributed by atoms with Gasteiger partial charge in [-0.15, -0.1) is 11.3 Å². The highest BCUT2D eigenvalue weighted by molar-refractivity contribution is 7.19. The van der Waals surface area contributed by atoms with Gasteiger partial charge in [0.1, 0.15) is 0 Å². The molecule has 0 unspecified atom stereocenters. The number of ether oxygens (including phenoxy) is 1. The van der Waals surface area contributed by atoms with Gasteiger partial charge in [0.15, 0.2) is 11.6 Å². The van der Waals surface area contributed by atoms with Gasteiger partial charge >= 0.3 is 0 Å². The largest absolute Gasteiger partial charge is 0.378 e. The number of rotatable bonds is 5. The molecule has 1 saturated heterocycles. The lowest BCUT2D eigenvalue weighted by Gasteiger charge is -2.28. The van der Waals surface area contributed by atoms with E-state index in [4.69, 9.17) is 20.4 Å². The Labute approximate surface area is 201 Å². The average Bonchev–Trinajstić information content (AvgIpc) is 3.30. The maximum Gasteiger partial charge on any atom is 0.251 e. The van der Waals surface area contributed by atoms with E-state index in [2.05, 4.69) is 20.2 Å². The Bertz CT molecular complexity index is 1320. The van der Waals surface area contributed by atoms with E-state index in [1.54, 1.807) is 35.9 Å². The average molecular weight is 476 g/mol. The SMILES string of the molecule is CC(C)(NC(=O)c1ccccc1)c1cc2nc(-c3cnc(N)nc3)nc(N3CCOCC3)c2s1. The Morgan fingerprint density at radius 3 is 2.53 bits per heavy atom. The number of nitrogens with zero attached hydrogens (tertiary/aromatic N) is 5. The van der Waals surface area contributed by atoms with E-state index < -0.39 is 5.54 Å². The lowest BCUT2D eigenvalue weighted by atomic mass is 10.0. The van der Waals surface area contributed by atoms with Crippen LogP contribution in [-0.4, -0.2) is 52.1 Å². The standard InChI is InChI=1S/C24H25N7O2S/c1-24(2,30-22(32)15-6-4-3-5-7-15)18-12-17-19(34-18)21(31-8-10-33-11-9-31)29-20(28-17)16-13-26-23(25)27-14-16/h3-7,12-14H,8-11H2,1-2H3,(H,30,32)(H2,25,26,27). The zero-order valence-corrected chi connectivity index (χ0v) is 19.8. The molecule has 3 aromatic heterocycles. The van der Waals surface area contributed by atoms with E-state index in [9.17, 15) is 4.79 Å². The number of morpholine rings is 1. The summed E-state index contributed by atoms with van der Waals surface area (Å²) < 4.78 is 6.51. The lowest BCUT2D eigenvalue weighted by Crippen LogP contribution is -2.40. The van der Waals surface area contributed by atoms with Gasteiger partial charge in [0.25, 0.3) is 5.91 Å². The summed E-state index contributed by atoms with van der Waals surface area (Å²) in [7, 11) is 0. The van der Waals surface area contributed by atoms with Crippen LogP contribution in [0.15, 0.2) is 48.8 Å². The summed E-state index contributed by atoms with van der Waals surface area (Å²) >= 11 is 1.59. The molecule has 0 bridgehead atoms. The van der Waals surface area contributed by atoms with Crippen molar-refractivity contribution in [2.75, 3.05) is 36.9 Å².